The summed E-state index contributed by atoms with van der Waals surface area (Å²) in [6, 6.07) is 2.05. The van der Waals surface area contributed by atoms with Crippen LogP contribution >= 0.6 is 23.1 Å². The molecule has 0 aliphatic heterocycles. The molecule has 2 heterocycles. The summed E-state index contributed by atoms with van der Waals surface area (Å²) >= 11 is 3.55. The highest BCUT2D eigenvalue weighted by atomic mass is 32.2. The number of hydrogen-bond donors (Lipinski definition) is 3. The fourth-order valence-electron chi connectivity index (χ4n) is 2.32. The third-order valence-electron chi connectivity index (χ3n) is 3.73. The molecule has 0 saturated heterocycles. The van der Waals surface area contributed by atoms with Gasteiger partial charge in [0.2, 0.25) is 5.95 Å². The minimum absolute atomic E-state index is 0.379. The number of hydrazine groups is 1. The summed E-state index contributed by atoms with van der Waals surface area (Å²) in [5.41, 5.74) is 2.53. The molecule has 0 aromatic carbocycles. The van der Waals surface area contributed by atoms with Crippen LogP contribution in [0.25, 0.3) is 10.2 Å². The number of nitrogens with one attached hydrogen (secondary N) is 2. The third-order valence-corrected chi connectivity index (χ3v) is 5.96. The topological polar surface area (TPSA) is 75.9 Å². The average Bonchev–Trinajstić information content (AvgIpc) is 2.85. The third kappa shape index (κ3) is 2.37. The second-order valence-electron chi connectivity index (χ2n) is 4.77. The summed E-state index contributed by atoms with van der Waals surface area (Å²) in [6.45, 7) is 0.945. The largest absolute Gasteiger partial charge is 0.368 e. The van der Waals surface area contributed by atoms with Crippen LogP contribution in [-0.4, -0.2) is 27.5 Å². The minimum Gasteiger partial charge on any atom is -0.368 e. The normalized spacial score (nSPS) is 17.2. The van der Waals surface area contributed by atoms with Gasteiger partial charge < -0.3 is 5.32 Å². The number of fused-ring (bicyclic) bond motifs is 1. The number of anilines is 2. The van der Waals surface area contributed by atoms with E-state index >= 15 is 0 Å². The van der Waals surface area contributed by atoms with Crippen LogP contribution in [0.15, 0.2) is 11.4 Å². The van der Waals surface area contributed by atoms with E-state index < -0.39 is 0 Å². The molecular weight excluding hydrogens is 278 g/mol. The van der Waals surface area contributed by atoms with Crippen molar-refractivity contribution in [1.82, 2.24) is 9.97 Å². The molecule has 1 fully saturated rings. The van der Waals surface area contributed by atoms with Gasteiger partial charge in [0, 0.05) is 11.3 Å². The van der Waals surface area contributed by atoms with Crippen molar-refractivity contribution in [2.24, 2.45) is 5.84 Å². The molecule has 5 nitrogen and oxygen atoms in total. The molecule has 102 valence electrons. The molecule has 7 heteroatoms. The van der Waals surface area contributed by atoms with Crippen molar-refractivity contribution in [1.29, 1.82) is 0 Å². The van der Waals surface area contributed by atoms with Gasteiger partial charge in [-0.2, -0.15) is 16.7 Å². The zero-order valence-electron chi connectivity index (χ0n) is 10.8. The van der Waals surface area contributed by atoms with Gasteiger partial charge in [-0.25, -0.2) is 10.8 Å². The first-order chi connectivity index (χ1) is 9.26. The lowest BCUT2D eigenvalue weighted by Gasteiger charge is -2.40. The monoisotopic (exact) mass is 295 g/mol. The quantitative estimate of drug-likeness (QED) is 0.581. The Morgan fingerprint density at radius 1 is 1.47 bits per heavy atom. The van der Waals surface area contributed by atoms with E-state index in [0.717, 1.165) is 22.6 Å². The summed E-state index contributed by atoms with van der Waals surface area (Å²) in [5, 5.41) is 6.58. The van der Waals surface area contributed by atoms with Crippen molar-refractivity contribution in [3.63, 3.8) is 0 Å². The van der Waals surface area contributed by atoms with Crippen molar-refractivity contribution in [2.45, 2.75) is 24.0 Å². The number of rotatable bonds is 5. The predicted octanol–water partition coefficient (Wildman–Crippen LogP) is 2.67. The highest BCUT2D eigenvalue weighted by molar-refractivity contribution is 8.00. The van der Waals surface area contributed by atoms with Crippen LogP contribution in [0.4, 0.5) is 11.8 Å². The van der Waals surface area contributed by atoms with Crippen molar-refractivity contribution in [2.75, 3.05) is 23.5 Å². The van der Waals surface area contributed by atoms with Gasteiger partial charge in [0.1, 0.15) is 10.6 Å². The number of nitrogens with two attached hydrogens (primary N) is 1. The Labute approximate surface area is 120 Å². The number of hydrogen-bond acceptors (Lipinski definition) is 7. The molecule has 1 saturated carbocycles. The van der Waals surface area contributed by atoms with Crippen molar-refractivity contribution in [3.05, 3.63) is 11.4 Å². The fraction of sp³-hybridized carbons (Fsp3) is 0.500. The van der Waals surface area contributed by atoms with Crippen molar-refractivity contribution < 1.29 is 0 Å². The van der Waals surface area contributed by atoms with Gasteiger partial charge in [0.05, 0.1) is 5.39 Å². The van der Waals surface area contributed by atoms with Crippen LogP contribution in [-0.2, 0) is 0 Å². The van der Waals surface area contributed by atoms with Crippen LogP contribution in [0.1, 0.15) is 19.3 Å². The highest BCUT2D eigenvalue weighted by Gasteiger charge is 2.36. The summed E-state index contributed by atoms with van der Waals surface area (Å²) in [7, 11) is 0. The lowest BCUT2D eigenvalue weighted by atomic mass is 9.84. The second-order valence-corrected chi connectivity index (χ2v) is 6.94. The maximum atomic E-state index is 5.42. The van der Waals surface area contributed by atoms with Gasteiger partial charge in [0.15, 0.2) is 0 Å². The first-order valence-electron chi connectivity index (χ1n) is 6.27. The molecule has 0 radical (unpaired) electrons. The maximum Gasteiger partial charge on any atom is 0.240 e. The molecule has 0 bridgehead atoms. The lowest BCUT2D eigenvalue weighted by molar-refractivity contribution is 0.380. The Morgan fingerprint density at radius 3 is 2.95 bits per heavy atom. The Balaban J connectivity index is 1.85. The van der Waals surface area contributed by atoms with E-state index in [9.17, 15) is 0 Å². The Kier molecular flexibility index (Phi) is 3.51. The van der Waals surface area contributed by atoms with Gasteiger partial charge >= 0.3 is 0 Å². The summed E-state index contributed by atoms with van der Waals surface area (Å²) in [5.74, 6) is 6.76. The highest BCUT2D eigenvalue weighted by Crippen LogP contribution is 2.43. The minimum atomic E-state index is 0.379. The molecule has 1 aliphatic carbocycles. The van der Waals surface area contributed by atoms with Crippen molar-refractivity contribution in [3.8, 4) is 0 Å². The second kappa shape index (κ2) is 5.15. The van der Waals surface area contributed by atoms with E-state index in [1.165, 1.54) is 19.3 Å². The zero-order chi connectivity index (χ0) is 13.3. The smallest absolute Gasteiger partial charge is 0.240 e. The molecule has 0 amide bonds. The van der Waals surface area contributed by atoms with E-state index in [2.05, 4.69) is 33.0 Å². The van der Waals surface area contributed by atoms with Gasteiger partial charge in [-0.05, 0) is 30.5 Å². The zero-order valence-corrected chi connectivity index (χ0v) is 12.4. The number of aromatic nitrogens is 2. The molecule has 0 unspecified atom stereocenters. The molecule has 19 heavy (non-hydrogen) atoms. The van der Waals surface area contributed by atoms with Crippen LogP contribution < -0.4 is 16.6 Å². The Bertz CT molecular complexity index is 573. The summed E-state index contributed by atoms with van der Waals surface area (Å²) in [6.07, 6.45) is 6.08. The van der Waals surface area contributed by atoms with Crippen LogP contribution in [0.2, 0.25) is 0 Å². The van der Waals surface area contributed by atoms with E-state index in [1.54, 1.807) is 11.3 Å². The Morgan fingerprint density at radius 2 is 2.32 bits per heavy atom. The van der Waals surface area contributed by atoms with Gasteiger partial charge in [-0.15, -0.1) is 11.3 Å². The average molecular weight is 295 g/mol. The first kappa shape index (κ1) is 13.0. The summed E-state index contributed by atoms with van der Waals surface area (Å²) < 4.78 is 0.379. The van der Waals surface area contributed by atoms with Crippen LogP contribution in [0.5, 0.6) is 0 Å². The molecule has 2 aromatic rings. The number of nitrogen functional groups attached to an aromatic ring is 1. The maximum absolute atomic E-state index is 5.42. The van der Waals surface area contributed by atoms with Gasteiger partial charge in [0.25, 0.3) is 0 Å². The molecule has 0 atom stereocenters. The molecule has 0 spiro atoms. The van der Waals surface area contributed by atoms with Crippen molar-refractivity contribution >= 4 is 45.1 Å². The standard InChI is InChI=1S/C12H17N5S2/c1-18-12(4-2-5-12)7-14-9-8-3-6-19-10(8)16-11(15-9)17-13/h3,6H,2,4-5,7,13H2,1H3,(H2,14,15,16,17). The fourth-order valence-corrected chi connectivity index (χ4v) is 4.00. The molecule has 1 aliphatic rings. The van der Waals surface area contributed by atoms with Gasteiger partial charge in [-0.3, -0.25) is 5.43 Å². The van der Waals surface area contributed by atoms with Crippen LogP contribution in [0.3, 0.4) is 0 Å². The molecule has 4 N–H and O–H groups in total. The number of thiophene rings is 1. The predicted molar refractivity (Wildman–Crippen MR) is 83.8 cm³/mol. The SMILES string of the molecule is CSC1(CNc2nc(NN)nc3sccc23)CCC1. The number of thioether (sulfide) groups is 1. The number of nitrogens with zero attached hydrogens (tertiary/aromatic N) is 2. The summed E-state index contributed by atoms with van der Waals surface area (Å²) in [4.78, 5) is 9.72. The van der Waals surface area contributed by atoms with Gasteiger partial charge in [-0.1, -0.05) is 6.42 Å². The van der Waals surface area contributed by atoms with E-state index in [4.69, 9.17) is 5.84 Å². The Hall–Kier alpha value is -1.05. The van der Waals surface area contributed by atoms with E-state index in [-0.39, 0.29) is 0 Å². The van der Waals surface area contributed by atoms with Crippen LogP contribution in [0, 0.1) is 0 Å². The molecule has 3 rings (SSSR count). The van der Waals surface area contributed by atoms with E-state index in [0.29, 0.717) is 10.7 Å². The lowest BCUT2D eigenvalue weighted by Crippen LogP contribution is -2.40. The molecular formula is C12H17N5S2. The first-order valence-corrected chi connectivity index (χ1v) is 8.38. The molecule has 2 aromatic heterocycles. The van der Waals surface area contributed by atoms with E-state index in [1.807, 2.05) is 17.1 Å².